The van der Waals surface area contributed by atoms with Crippen molar-refractivity contribution >= 4 is 11.6 Å². The van der Waals surface area contributed by atoms with E-state index in [1.54, 1.807) is 30.3 Å². The van der Waals surface area contributed by atoms with E-state index >= 15 is 0 Å². The number of halogens is 2. The first-order valence-electron chi connectivity index (χ1n) is 6.98. The van der Waals surface area contributed by atoms with E-state index < -0.39 is 0 Å². The van der Waals surface area contributed by atoms with E-state index in [4.69, 9.17) is 22.1 Å². The minimum atomic E-state index is -0.285. The van der Waals surface area contributed by atoms with Crippen LogP contribution in [0.3, 0.4) is 0 Å². The maximum Gasteiger partial charge on any atom is 0.128 e. The lowest BCUT2D eigenvalue weighted by atomic mass is 10.0. The second kappa shape index (κ2) is 7.55. The van der Waals surface area contributed by atoms with Gasteiger partial charge >= 0.3 is 0 Å². The van der Waals surface area contributed by atoms with Crippen LogP contribution in [0, 0.1) is 5.82 Å². The van der Waals surface area contributed by atoms with Gasteiger partial charge in [-0.3, -0.25) is 0 Å². The molecule has 0 radical (unpaired) electrons. The van der Waals surface area contributed by atoms with Gasteiger partial charge < -0.3 is 10.5 Å². The Bertz CT molecular complexity index is 573. The summed E-state index contributed by atoms with van der Waals surface area (Å²) in [5.41, 5.74) is 7.61. The molecule has 0 bridgehead atoms. The van der Waals surface area contributed by atoms with Crippen LogP contribution in [-0.4, -0.2) is 6.04 Å². The molecule has 2 nitrogen and oxygen atoms in total. The monoisotopic (exact) mass is 307 g/mol. The van der Waals surface area contributed by atoms with Crippen molar-refractivity contribution in [2.75, 3.05) is 0 Å². The number of hydrogen-bond donors (Lipinski definition) is 1. The van der Waals surface area contributed by atoms with Crippen LogP contribution in [0.2, 0.25) is 5.02 Å². The Hall–Kier alpha value is -1.42. The summed E-state index contributed by atoms with van der Waals surface area (Å²) in [5.74, 6) is -0.266. The SMILES string of the molecule is CCC(N)C(OCc1ccccc1F)c1ccc(Cl)cc1. The Morgan fingerprint density at radius 2 is 1.81 bits per heavy atom. The molecule has 2 atom stereocenters. The molecule has 2 rings (SSSR count). The zero-order valence-electron chi connectivity index (χ0n) is 11.9. The minimum absolute atomic E-state index is 0.155. The molecule has 0 fully saturated rings. The van der Waals surface area contributed by atoms with Gasteiger partial charge in [0, 0.05) is 16.6 Å². The molecule has 0 saturated carbocycles. The van der Waals surface area contributed by atoms with Gasteiger partial charge in [0.15, 0.2) is 0 Å². The molecule has 0 aromatic heterocycles. The van der Waals surface area contributed by atoms with Crippen molar-refractivity contribution in [3.8, 4) is 0 Å². The highest BCUT2D eigenvalue weighted by atomic mass is 35.5. The molecule has 0 amide bonds. The van der Waals surface area contributed by atoms with Crippen molar-refractivity contribution in [3.05, 3.63) is 70.5 Å². The fourth-order valence-corrected chi connectivity index (χ4v) is 2.25. The van der Waals surface area contributed by atoms with E-state index in [0.717, 1.165) is 12.0 Å². The van der Waals surface area contributed by atoms with Crippen molar-refractivity contribution < 1.29 is 9.13 Å². The zero-order valence-corrected chi connectivity index (χ0v) is 12.7. The van der Waals surface area contributed by atoms with Crippen LogP contribution in [0.15, 0.2) is 48.5 Å². The van der Waals surface area contributed by atoms with Crippen LogP contribution in [0.4, 0.5) is 4.39 Å². The van der Waals surface area contributed by atoms with Gasteiger partial charge in [-0.1, -0.05) is 48.9 Å². The molecule has 0 aliphatic heterocycles. The lowest BCUT2D eigenvalue weighted by Crippen LogP contribution is -2.29. The normalized spacial score (nSPS) is 13.9. The zero-order chi connectivity index (χ0) is 15.2. The average molecular weight is 308 g/mol. The standard InChI is InChI=1S/C17H19ClFNO/c1-2-16(20)17(12-7-9-14(18)10-8-12)21-11-13-5-3-4-6-15(13)19/h3-10,16-17H,2,11,20H2,1H3. The predicted octanol–water partition coefficient (Wildman–Crippen LogP) is 4.47. The Labute approximate surface area is 129 Å². The van der Waals surface area contributed by atoms with Gasteiger partial charge in [0.2, 0.25) is 0 Å². The van der Waals surface area contributed by atoms with E-state index in [-0.39, 0.29) is 24.6 Å². The lowest BCUT2D eigenvalue weighted by Gasteiger charge is -2.24. The summed E-state index contributed by atoms with van der Waals surface area (Å²) in [5, 5.41) is 0.664. The average Bonchev–Trinajstić information content (AvgIpc) is 2.50. The number of rotatable bonds is 6. The summed E-state index contributed by atoms with van der Waals surface area (Å²) in [6.07, 6.45) is 0.483. The summed E-state index contributed by atoms with van der Waals surface area (Å²) >= 11 is 5.90. The second-order valence-electron chi connectivity index (χ2n) is 4.95. The molecule has 4 heteroatoms. The van der Waals surface area contributed by atoms with E-state index in [1.165, 1.54) is 6.07 Å². The van der Waals surface area contributed by atoms with Crippen LogP contribution in [0.25, 0.3) is 0 Å². The molecule has 21 heavy (non-hydrogen) atoms. The molecule has 2 aromatic carbocycles. The molecular formula is C17H19ClFNO. The van der Waals surface area contributed by atoms with Gasteiger partial charge in [-0.05, 0) is 30.2 Å². The van der Waals surface area contributed by atoms with Gasteiger partial charge in [-0.2, -0.15) is 0 Å². The number of ether oxygens (including phenoxy) is 1. The van der Waals surface area contributed by atoms with Crippen molar-refractivity contribution in [1.29, 1.82) is 0 Å². The summed E-state index contributed by atoms with van der Waals surface area (Å²) in [4.78, 5) is 0. The lowest BCUT2D eigenvalue weighted by molar-refractivity contribution is 0.0199. The van der Waals surface area contributed by atoms with E-state index in [2.05, 4.69) is 0 Å². The van der Waals surface area contributed by atoms with Crippen molar-refractivity contribution in [2.24, 2.45) is 5.73 Å². The fourth-order valence-electron chi connectivity index (χ4n) is 2.13. The van der Waals surface area contributed by atoms with Crippen molar-refractivity contribution in [1.82, 2.24) is 0 Å². The van der Waals surface area contributed by atoms with Gasteiger partial charge in [0.1, 0.15) is 5.82 Å². The third-order valence-electron chi connectivity index (χ3n) is 3.44. The molecule has 2 aromatic rings. The highest BCUT2D eigenvalue weighted by Gasteiger charge is 2.19. The van der Waals surface area contributed by atoms with Crippen molar-refractivity contribution in [3.63, 3.8) is 0 Å². The Morgan fingerprint density at radius 3 is 2.43 bits per heavy atom. The number of nitrogens with two attached hydrogens (primary N) is 1. The Morgan fingerprint density at radius 1 is 1.14 bits per heavy atom. The summed E-state index contributed by atoms with van der Waals surface area (Å²) in [6, 6.07) is 13.8. The molecule has 112 valence electrons. The van der Waals surface area contributed by atoms with Gasteiger partial charge in [-0.25, -0.2) is 4.39 Å². The van der Waals surface area contributed by atoms with Crippen molar-refractivity contribution in [2.45, 2.75) is 32.1 Å². The maximum atomic E-state index is 13.6. The molecule has 2 unspecified atom stereocenters. The Kier molecular flexibility index (Phi) is 5.74. The number of benzene rings is 2. The van der Waals surface area contributed by atoms with Crippen LogP contribution >= 0.6 is 11.6 Å². The third-order valence-corrected chi connectivity index (χ3v) is 3.69. The molecular weight excluding hydrogens is 289 g/mol. The molecule has 2 N–H and O–H groups in total. The molecule has 0 saturated heterocycles. The van der Waals surface area contributed by atoms with Crippen LogP contribution in [0.5, 0.6) is 0 Å². The minimum Gasteiger partial charge on any atom is -0.367 e. The highest BCUT2D eigenvalue weighted by Crippen LogP contribution is 2.25. The number of hydrogen-bond acceptors (Lipinski definition) is 2. The van der Waals surface area contributed by atoms with Crippen LogP contribution in [-0.2, 0) is 11.3 Å². The predicted molar refractivity (Wildman–Crippen MR) is 83.6 cm³/mol. The Balaban J connectivity index is 2.14. The van der Waals surface area contributed by atoms with Gasteiger partial charge in [0.05, 0.1) is 12.7 Å². The van der Waals surface area contributed by atoms with Gasteiger partial charge in [0.25, 0.3) is 0 Å². The van der Waals surface area contributed by atoms with Gasteiger partial charge in [-0.15, -0.1) is 0 Å². The largest absolute Gasteiger partial charge is 0.367 e. The van der Waals surface area contributed by atoms with Crippen LogP contribution < -0.4 is 5.73 Å². The molecule has 0 spiro atoms. The first kappa shape index (κ1) is 16.0. The topological polar surface area (TPSA) is 35.2 Å². The first-order valence-corrected chi connectivity index (χ1v) is 7.35. The maximum absolute atomic E-state index is 13.6. The summed E-state index contributed by atoms with van der Waals surface area (Å²) in [7, 11) is 0. The van der Waals surface area contributed by atoms with E-state index in [0.29, 0.717) is 10.6 Å². The smallest absolute Gasteiger partial charge is 0.128 e. The highest BCUT2D eigenvalue weighted by molar-refractivity contribution is 6.30. The first-order chi connectivity index (χ1) is 10.1. The fraction of sp³-hybridized carbons (Fsp3) is 0.294. The summed E-state index contributed by atoms with van der Waals surface area (Å²) in [6.45, 7) is 2.19. The van der Waals surface area contributed by atoms with E-state index in [1.807, 2.05) is 19.1 Å². The van der Waals surface area contributed by atoms with Crippen LogP contribution in [0.1, 0.15) is 30.6 Å². The molecule has 0 aliphatic carbocycles. The second-order valence-corrected chi connectivity index (χ2v) is 5.38. The quantitative estimate of drug-likeness (QED) is 0.854. The third kappa shape index (κ3) is 4.27. The molecule has 0 heterocycles. The summed E-state index contributed by atoms with van der Waals surface area (Å²) < 4.78 is 19.5. The molecule has 0 aliphatic rings. The van der Waals surface area contributed by atoms with E-state index in [9.17, 15) is 4.39 Å².